The van der Waals surface area contributed by atoms with Crippen LogP contribution in [-0.4, -0.2) is 31.2 Å². The first kappa shape index (κ1) is 15.6. The number of piperidine rings is 1. The van der Waals surface area contributed by atoms with E-state index in [2.05, 4.69) is 4.90 Å². The van der Waals surface area contributed by atoms with Gasteiger partial charge >= 0.3 is 0 Å². The van der Waals surface area contributed by atoms with Crippen LogP contribution in [0.1, 0.15) is 50.3 Å². The van der Waals surface area contributed by atoms with Crippen molar-refractivity contribution in [2.75, 3.05) is 22.9 Å². The Morgan fingerprint density at radius 3 is 2.16 bits per heavy atom. The van der Waals surface area contributed by atoms with E-state index in [0.29, 0.717) is 17.5 Å². The van der Waals surface area contributed by atoms with Gasteiger partial charge in [0.2, 0.25) is 0 Å². The third-order valence-corrected chi connectivity index (χ3v) is 4.89. The Bertz CT molecular complexity index is 855. The second kappa shape index (κ2) is 6.16. The molecule has 0 saturated carbocycles. The minimum Gasteiger partial charge on any atom is -0.371 e. The average Bonchev–Trinajstić information content (AvgIpc) is 2.94. The smallest absolute Gasteiger partial charge is 0.268 e. The lowest BCUT2D eigenvalue weighted by molar-refractivity contribution is 0.0923. The maximum atomic E-state index is 13.1. The molecule has 1 saturated heterocycles. The molecule has 0 bridgehead atoms. The highest BCUT2D eigenvalue weighted by Gasteiger charge is 2.41. The normalized spacial score (nSPS) is 17.0. The molecule has 5 heteroatoms. The zero-order valence-electron chi connectivity index (χ0n) is 13.8. The summed E-state index contributed by atoms with van der Waals surface area (Å²) in [5.41, 5.74) is 2.15. The Morgan fingerprint density at radius 2 is 1.48 bits per heavy atom. The number of imide groups is 1. The molecule has 4 rings (SSSR count). The first-order valence-corrected chi connectivity index (χ1v) is 8.53. The van der Waals surface area contributed by atoms with Gasteiger partial charge in [-0.15, -0.1) is 0 Å². The van der Waals surface area contributed by atoms with Crippen molar-refractivity contribution in [1.82, 2.24) is 0 Å². The molecule has 0 aliphatic carbocycles. The Balaban J connectivity index is 1.87. The molecule has 5 nitrogen and oxygen atoms in total. The van der Waals surface area contributed by atoms with Crippen molar-refractivity contribution < 1.29 is 14.4 Å². The Morgan fingerprint density at radius 1 is 0.800 bits per heavy atom. The fraction of sp³-hybridized carbons (Fsp3) is 0.250. The van der Waals surface area contributed by atoms with Crippen molar-refractivity contribution in [3.05, 3.63) is 59.2 Å². The number of rotatable bonds is 3. The molecule has 0 unspecified atom stereocenters. The Kier molecular flexibility index (Phi) is 3.84. The largest absolute Gasteiger partial charge is 0.371 e. The van der Waals surface area contributed by atoms with Crippen molar-refractivity contribution in [2.45, 2.75) is 19.3 Å². The third-order valence-electron chi connectivity index (χ3n) is 4.89. The van der Waals surface area contributed by atoms with Crippen LogP contribution in [0.15, 0.2) is 42.5 Å². The van der Waals surface area contributed by atoms with Crippen molar-refractivity contribution in [3.8, 4) is 0 Å². The van der Waals surface area contributed by atoms with Crippen molar-refractivity contribution >= 4 is 29.5 Å². The van der Waals surface area contributed by atoms with Crippen molar-refractivity contribution in [1.29, 1.82) is 0 Å². The third kappa shape index (κ3) is 2.43. The summed E-state index contributed by atoms with van der Waals surface area (Å²) >= 11 is 0. The molecule has 2 aliphatic heterocycles. The quantitative estimate of drug-likeness (QED) is 0.638. The van der Waals surface area contributed by atoms with Crippen LogP contribution < -0.4 is 9.80 Å². The molecule has 2 amide bonds. The summed E-state index contributed by atoms with van der Waals surface area (Å²) in [4.78, 5) is 40.8. The maximum absolute atomic E-state index is 13.1. The molecule has 126 valence electrons. The number of para-hydroxylation sites is 1. The number of hydrogen-bond donors (Lipinski definition) is 0. The van der Waals surface area contributed by atoms with Gasteiger partial charge < -0.3 is 4.90 Å². The Labute approximate surface area is 145 Å². The molecule has 2 aliphatic rings. The number of benzene rings is 2. The topological polar surface area (TPSA) is 57.7 Å². The highest BCUT2D eigenvalue weighted by atomic mass is 16.2. The monoisotopic (exact) mass is 334 g/mol. The van der Waals surface area contributed by atoms with E-state index in [1.165, 1.54) is 11.3 Å². The lowest BCUT2D eigenvalue weighted by atomic mass is 9.99. The molecule has 0 aromatic heterocycles. The zero-order valence-corrected chi connectivity index (χ0v) is 13.8. The second-order valence-electron chi connectivity index (χ2n) is 6.37. The number of aldehydes is 1. The van der Waals surface area contributed by atoms with E-state index >= 15 is 0 Å². The van der Waals surface area contributed by atoms with E-state index in [1.807, 2.05) is 6.07 Å². The van der Waals surface area contributed by atoms with Gasteiger partial charge in [0.1, 0.15) is 0 Å². The summed E-state index contributed by atoms with van der Waals surface area (Å²) < 4.78 is 0. The van der Waals surface area contributed by atoms with Gasteiger partial charge in [-0.3, -0.25) is 14.4 Å². The van der Waals surface area contributed by atoms with E-state index in [-0.39, 0.29) is 17.0 Å². The summed E-state index contributed by atoms with van der Waals surface area (Å²) in [5.74, 6) is -0.775. The molecule has 1 fully saturated rings. The number of amides is 2. The Hall–Kier alpha value is -2.95. The summed E-state index contributed by atoms with van der Waals surface area (Å²) in [6.45, 7) is 1.72. The summed E-state index contributed by atoms with van der Waals surface area (Å²) in [5, 5.41) is 0. The van der Waals surface area contributed by atoms with E-state index in [9.17, 15) is 14.4 Å². The average molecular weight is 334 g/mol. The number of carbonyl (C=O) groups is 3. The molecule has 2 heterocycles. The summed E-state index contributed by atoms with van der Waals surface area (Å²) in [6, 6.07) is 12.3. The SMILES string of the molecule is O=Cc1ccc(N2CCCCC2)c2c1C(=O)N(c1ccccc1)C2=O. The molecule has 0 N–H and O–H groups in total. The van der Waals surface area contributed by atoms with Gasteiger partial charge in [-0.2, -0.15) is 0 Å². The lowest BCUT2D eigenvalue weighted by Gasteiger charge is -2.30. The van der Waals surface area contributed by atoms with Crippen LogP contribution in [0.3, 0.4) is 0 Å². The maximum Gasteiger partial charge on any atom is 0.268 e. The first-order chi connectivity index (χ1) is 12.2. The van der Waals surface area contributed by atoms with Crippen molar-refractivity contribution in [2.24, 2.45) is 0 Å². The molecule has 0 spiro atoms. The van der Waals surface area contributed by atoms with Gasteiger partial charge in [-0.1, -0.05) is 18.2 Å². The molecular weight excluding hydrogens is 316 g/mol. The minimum atomic E-state index is -0.424. The fourth-order valence-corrected chi connectivity index (χ4v) is 3.68. The molecular formula is C20H18N2O3. The molecule has 2 aromatic rings. The van der Waals surface area contributed by atoms with Crippen molar-refractivity contribution in [3.63, 3.8) is 0 Å². The van der Waals surface area contributed by atoms with Crippen LogP contribution in [0, 0.1) is 0 Å². The van der Waals surface area contributed by atoms with Gasteiger partial charge in [-0.05, 0) is 43.5 Å². The van der Waals surface area contributed by atoms with Crippen LogP contribution >= 0.6 is 0 Å². The highest BCUT2D eigenvalue weighted by Crippen LogP contribution is 2.37. The standard InChI is InChI=1S/C20H18N2O3/c23-13-14-9-10-16(21-11-5-2-6-12-21)18-17(14)19(24)22(20(18)25)15-7-3-1-4-8-15/h1,3-4,7-10,13H,2,5-6,11-12H2. The zero-order chi connectivity index (χ0) is 17.4. The molecule has 0 radical (unpaired) electrons. The molecule has 0 atom stereocenters. The van der Waals surface area contributed by atoms with E-state index in [0.717, 1.165) is 31.6 Å². The van der Waals surface area contributed by atoms with Gasteiger partial charge in [0.25, 0.3) is 11.8 Å². The number of hydrogen-bond acceptors (Lipinski definition) is 4. The van der Waals surface area contributed by atoms with Crippen LogP contribution in [0.2, 0.25) is 0 Å². The number of fused-ring (bicyclic) bond motifs is 1. The molecule has 2 aromatic carbocycles. The van der Waals surface area contributed by atoms with E-state index in [1.54, 1.807) is 36.4 Å². The minimum absolute atomic E-state index is 0.229. The summed E-state index contributed by atoms with van der Waals surface area (Å²) in [6.07, 6.45) is 3.95. The predicted molar refractivity (Wildman–Crippen MR) is 95.5 cm³/mol. The molecule has 25 heavy (non-hydrogen) atoms. The van der Waals surface area contributed by atoms with Crippen LogP contribution in [0.25, 0.3) is 0 Å². The number of carbonyl (C=O) groups excluding carboxylic acids is 3. The van der Waals surface area contributed by atoms with Crippen LogP contribution in [0.5, 0.6) is 0 Å². The van der Waals surface area contributed by atoms with Gasteiger partial charge in [0.15, 0.2) is 6.29 Å². The van der Waals surface area contributed by atoms with Crippen LogP contribution in [0.4, 0.5) is 11.4 Å². The highest BCUT2D eigenvalue weighted by molar-refractivity contribution is 6.37. The van der Waals surface area contributed by atoms with Gasteiger partial charge in [0.05, 0.1) is 22.5 Å². The summed E-state index contributed by atoms with van der Waals surface area (Å²) in [7, 11) is 0. The van der Waals surface area contributed by atoms with E-state index < -0.39 is 5.91 Å². The predicted octanol–water partition coefficient (Wildman–Crippen LogP) is 3.29. The fourth-order valence-electron chi connectivity index (χ4n) is 3.68. The van der Waals surface area contributed by atoms with Crippen LogP contribution in [-0.2, 0) is 0 Å². The first-order valence-electron chi connectivity index (χ1n) is 8.53. The number of nitrogens with zero attached hydrogens (tertiary/aromatic N) is 2. The van der Waals surface area contributed by atoms with Gasteiger partial charge in [-0.25, -0.2) is 4.90 Å². The lowest BCUT2D eigenvalue weighted by Crippen LogP contribution is -2.32. The second-order valence-corrected chi connectivity index (χ2v) is 6.37. The van der Waals surface area contributed by atoms with Gasteiger partial charge in [0, 0.05) is 18.7 Å². The van der Waals surface area contributed by atoms with E-state index in [4.69, 9.17) is 0 Å². The number of anilines is 2.